The molecule has 0 atom stereocenters. The van der Waals surface area contributed by atoms with Crippen LogP contribution in [0.4, 0.5) is 0 Å². The van der Waals surface area contributed by atoms with Crippen LogP contribution < -0.4 is 0 Å². The van der Waals surface area contributed by atoms with Crippen molar-refractivity contribution in [3.05, 3.63) is 199 Å². The monoisotopic (exact) mass is 703 g/mol. The molecule has 55 heavy (non-hydrogen) atoms. The van der Waals surface area contributed by atoms with Gasteiger partial charge in [0.25, 0.3) is 0 Å². The molecule has 0 amide bonds. The van der Waals surface area contributed by atoms with Crippen molar-refractivity contribution < 1.29 is 0 Å². The van der Waals surface area contributed by atoms with Crippen LogP contribution in [0.5, 0.6) is 0 Å². The van der Waals surface area contributed by atoms with Gasteiger partial charge in [0, 0.05) is 22.1 Å². The van der Waals surface area contributed by atoms with Crippen LogP contribution in [0.15, 0.2) is 188 Å². The molecular formula is C52H37N3. The maximum absolute atomic E-state index is 5.31. The molecular weight excluding hydrogens is 667 g/mol. The summed E-state index contributed by atoms with van der Waals surface area (Å²) in [6, 6.07) is 66.6. The Morgan fingerprint density at radius 3 is 1.29 bits per heavy atom. The topological polar surface area (TPSA) is 38.7 Å². The van der Waals surface area contributed by atoms with Gasteiger partial charge in [-0.1, -0.05) is 190 Å². The van der Waals surface area contributed by atoms with E-state index in [0.29, 0.717) is 17.5 Å². The van der Waals surface area contributed by atoms with Gasteiger partial charge >= 0.3 is 0 Å². The lowest BCUT2D eigenvalue weighted by Gasteiger charge is -2.21. The fraction of sp³-hybridized carbons (Fsp3) is 0.0577. The van der Waals surface area contributed by atoms with E-state index in [2.05, 4.69) is 190 Å². The third-order valence-corrected chi connectivity index (χ3v) is 11.2. The summed E-state index contributed by atoms with van der Waals surface area (Å²) in [5, 5.41) is 2.25. The molecule has 0 N–H and O–H groups in total. The van der Waals surface area contributed by atoms with Gasteiger partial charge in [0.15, 0.2) is 17.5 Å². The summed E-state index contributed by atoms with van der Waals surface area (Å²) in [5.74, 6) is 1.91. The molecule has 1 heterocycles. The number of hydrogen-bond donors (Lipinski definition) is 0. The normalized spacial score (nSPS) is 12.7. The van der Waals surface area contributed by atoms with Gasteiger partial charge in [-0.15, -0.1) is 0 Å². The molecule has 1 aliphatic carbocycles. The summed E-state index contributed by atoms with van der Waals surface area (Å²) in [6.45, 7) is 4.66. The largest absolute Gasteiger partial charge is 0.208 e. The van der Waals surface area contributed by atoms with Crippen molar-refractivity contribution in [3.8, 4) is 78.7 Å². The minimum absolute atomic E-state index is 0.0389. The third-order valence-electron chi connectivity index (χ3n) is 11.2. The highest BCUT2D eigenvalue weighted by atomic mass is 15.0. The summed E-state index contributed by atoms with van der Waals surface area (Å²) in [5.41, 5.74) is 15.0. The molecule has 0 aliphatic heterocycles. The van der Waals surface area contributed by atoms with Crippen LogP contribution >= 0.6 is 0 Å². The van der Waals surface area contributed by atoms with Crippen LogP contribution in [0.3, 0.4) is 0 Å². The highest BCUT2D eigenvalue weighted by molar-refractivity contribution is 6.05. The molecule has 0 unspecified atom stereocenters. The van der Waals surface area contributed by atoms with Crippen molar-refractivity contribution in [1.29, 1.82) is 0 Å². The number of nitrogens with zero attached hydrogens (tertiary/aromatic N) is 3. The molecule has 0 fully saturated rings. The standard InChI is InChI=1S/C52H37N3/c1-52(2)47-28-16-15-25-42(47)46-33-36(29-32-48(46)52)39-30-31-45(41-24-12-11-23-40(39)41)51-54-49(43-26-13-9-21-37(43)34-17-5-3-6-18-34)53-50(55-51)44-27-14-10-22-38(44)35-19-7-4-8-20-35/h3-33H,1-2H3. The Morgan fingerprint density at radius 2 is 0.709 bits per heavy atom. The average molecular weight is 704 g/mol. The van der Waals surface area contributed by atoms with Crippen molar-refractivity contribution in [2.45, 2.75) is 19.3 Å². The summed E-state index contributed by atoms with van der Waals surface area (Å²) in [6.07, 6.45) is 0. The van der Waals surface area contributed by atoms with Crippen LogP contribution in [-0.2, 0) is 5.41 Å². The highest BCUT2D eigenvalue weighted by Crippen LogP contribution is 2.50. The lowest BCUT2D eigenvalue weighted by atomic mass is 9.82. The smallest absolute Gasteiger partial charge is 0.164 e. The maximum Gasteiger partial charge on any atom is 0.164 e. The molecule has 1 aliphatic rings. The summed E-state index contributed by atoms with van der Waals surface area (Å²) in [7, 11) is 0. The van der Waals surface area contributed by atoms with Crippen molar-refractivity contribution in [1.82, 2.24) is 15.0 Å². The van der Waals surface area contributed by atoms with E-state index >= 15 is 0 Å². The zero-order chi connectivity index (χ0) is 36.9. The summed E-state index contributed by atoms with van der Waals surface area (Å²) in [4.78, 5) is 15.9. The van der Waals surface area contributed by atoms with Gasteiger partial charge < -0.3 is 0 Å². The number of rotatable bonds is 6. The minimum Gasteiger partial charge on any atom is -0.208 e. The fourth-order valence-corrected chi connectivity index (χ4v) is 8.47. The molecule has 0 saturated heterocycles. The second kappa shape index (κ2) is 13.2. The number of hydrogen-bond acceptors (Lipinski definition) is 3. The van der Waals surface area contributed by atoms with Gasteiger partial charge in [-0.3, -0.25) is 0 Å². The van der Waals surface area contributed by atoms with E-state index in [1.165, 1.54) is 33.4 Å². The zero-order valence-corrected chi connectivity index (χ0v) is 30.7. The highest BCUT2D eigenvalue weighted by Gasteiger charge is 2.35. The Bertz CT molecular complexity index is 2790. The predicted octanol–water partition coefficient (Wildman–Crippen LogP) is 13.3. The Kier molecular flexibility index (Phi) is 7.81. The van der Waals surface area contributed by atoms with Gasteiger partial charge in [0.1, 0.15) is 0 Å². The first-order chi connectivity index (χ1) is 27.0. The molecule has 3 heteroatoms. The predicted molar refractivity (Wildman–Crippen MR) is 228 cm³/mol. The molecule has 0 bridgehead atoms. The summed E-state index contributed by atoms with van der Waals surface area (Å²) < 4.78 is 0. The van der Waals surface area contributed by atoms with Crippen molar-refractivity contribution in [3.63, 3.8) is 0 Å². The van der Waals surface area contributed by atoms with E-state index < -0.39 is 0 Å². The second-order valence-corrected chi connectivity index (χ2v) is 14.8. The lowest BCUT2D eigenvalue weighted by Crippen LogP contribution is -2.14. The Hall–Kier alpha value is -6.97. The van der Waals surface area contributed by atoms with E-state index in [1.807, 2.05) is 12.1 Å². The Balaban J connectivity index is 1.18. The quantitative estimate of drug-likeness (QED) is 0.173. The molecule has 0 spiro atoms. The van der Waals surface area contributed by atoms with Crippen molar-refractivity contribution in [2.75, 3.05) is 0 Å². The van der Waals surface area contributed by atoms with Crippen LogP contribution in [0.25, 0.3) is 89.4 Å². The van der Waals surface area contributed by atoms with Crippen molar-refractivity contribution >= 4 is 10.8 Å². The molecule has 9 aromatic rings. The van der Waals surface area contributed by atoms with Gasteiger partial charge in [-0.2, -0.15) is 0 Å². The first-order valence-corrected chi connectivity index (χ1v) is 18.9. The van der Waals surface area contributed by atoms with Crippen LogP contribution in [0.1, 0.15) is 25.0 Å². The molecule has 1 aromatic heterocycles. The molecule has 0 radical (unpaired) electrons. The van der Waals surface area contributed by atoms with Crippen LogP contribution in [-0.4, -0.2) is 15.0 Å². The average Bonchev–Trinajstić information content (AvgIpc) is 3.49. The molecule has 3 nitrogen and oxygen atoms in total. The van der Waals surface area contributed by atoms with E-state index in [1.54, 1.807) is 0 Å². The SMILES string of the molecule is CC1(C)c2ccccc2-c2cc(-c3ccc(-c4nc(-c5ccccc5-c5ccccc5)nc(-c5ccccc5-c5ccccc5)n4)c4ccccc34)ccc21. The lowest BCUT2D eigenvalue weighted by molar-refractivity contribution is 0.660. The number of benzene rings is 8. The zero-order valence-electron chi connectivity index (χ0n) is 30.7. The molecule has 0 saturated carbocycles. The van der Waals surface area contributed by atoms with E-state index in [-0.39, 0.29) is 5.41 Å². The second-order valence-electron chi connectivity index (χ2n) is 14.8. The van der Waals surface area contributed by atoms with Gasteiger partial charge in [0.05, 0.1) is 0 Å². The molecule has 260 valence electrons. The van der Waals surface area contributed by atoms with Crippen LogP contribution in [0.2, 0.25) is 0 Å². The van der Waals surface area contributed by atoms with Crippen molar-refractivity contribution in [2.24, 2.45) is 0 Å². The fourth-order valence-electron chi connectivity index (χ4n) is 8.47. The molecule has 10 rings (SSSR count). The Morgan fingerprint density at radius 1 is 0.291 bits per heavy atom. The van der Waals surface area contributed by atoms with E-state index in [4.69, 9.17) is 15.0 Å². The maximum atomic E-state index is 5.31. The number of aromatic nitrogens is 3. The van der Waals surface area contributed by atoms with E-state index in [0.717, 1.165) is 49.7 Å². The first-order valence-electron chi connectivity index (χ1n) is 18.9. The first kappa shape index (κ1) is 32.7. The minimum atomic E-state index is -0.0389. The van der Waals surface area contributed by atoms with Crippen LogP contribution in [0, 0.1) is 0 Å². The summed E-state index contributed by atoms with van der Waals surface area (Å²) >= 11 is 0. The Labute approximate surface area is 321 Å². The third kappa shape index (κ3) is 5.55. The van der Waals surface area contributed by atoms with E-state index in [9.17, 15) is 0 Å². The number of fused-ring (bicyclic) bond motifs is 4. The molecule has 8 aromatic carbocycles. The van der Waals surface area contributed by atoms with Gasteiger partial charge in [-0.05, 0) is 78.5 Å². The van der Waals surface area contributed by atoms with Gasteiger partial charge in [0.2, 0.25) is 0 Å². The van der Waals surface area contributed by atoms with Gasteiger partial charge in [-0.25, -0.2) is 15.0 Å².